The highest BCUT2D eigenvalue weighted by molar-refractivity contribution is 8.00. The van der Waals surface area contributed by atoms with E-state index in [2.05, 4.69) is 20.4 Å². The Morgan fingerprint density at radius 3 is 2.91 bits per heavy atom. The first-order chi connectivity index (χ1) is 11.0. The van der Waals surface area contributed by atoms with E-state index < -0.39 is 5.25 Å². The minimum absolute atomic E-state index is 0.224. The summed E-state index contributed by atoms with van der Waals surface area (Å²) in [5.74, 6) is 0.722. The van der Waals surface area contributed by atoms with Crippen molar-refractivity contribution >= 4 is 34.4 Å². The molecule has 3 aromatic rings. The van der Waals surface area contributed by atoms with Crippen LogP contribution < -0.4 is 10.9 Å². The molecule has 0 bridgehead atoms. The fraction of sp³-hybridized carbons (Fsp3) is 0.200. The van der Waals surface area contributed by atoms with E-state index in [0.29, 0.717) is 27.6 Å². The third-order valence-corrected chi connectivity index (χ3v) is 4.11. The molecule has 1 atom stereocenters. The molecule has 0 aliphatic rings. The molecule has 2 aromatic heterocycles. The van der Waals surface area contributed by atoms with Crippen molar-refractivity contribution in [2.45, 2.75) is 24.3 Å². The van der Waals surface area contributed by atoms with Crippen molar-refractivity contribution < 1.29 is 9.32 Å². The molecule has 1 amide bonds. The van der Waals surface area contributed by atoms with Crippen molar-refractivity contribution in [2.75, 3.05) is 5.32 Å². The summed E-state index contributed by atoms with van der Waals surface area (Å²) in [5, 5.41) is 6.82. The smallest absolute Gasteiger partial charge is 0.259 e. The Labute approximate surface area is 135 Å². The largest absolute Gasteiger partial charge is 0.360 e. The lowest BCUT2D eigenvalue weighted by molar-refractivity contribution is -0.115. The van der Waals surface area contributed by atoms with E-state index in [1.54, 1.807) is 38.1 Å². The first kappa shape index (κ1) is 15.3. The molecule has 0 spiro atoms. The second-order valence-electron chi connectivity index (χ2n) is 4.96. The number of carbonyl (C=O) groups is 1. The number of H-pyrrole nitrogens is 1. The molecule has 118 valence electrons. The molecule has 3 rings (SSSR count). The molecule has 0 aliphatic carbocycles. The fourth-order valence-corrected chi connectivity index (χ4v) is 2.80. The van der Waals surface area contributed by atoms with Gasteiger partial charge in [-0.05, 0) is 26.0 Å². The standard InChI is InChI=1S/C15H14N4O3S/c1-8-7-12(19-22-8)17-13(20)9(2)23-15-16-11-6-4-3-5-10(11)14(21)18-15/h3-7,9H,1-2H3,(H,16,18,21)(H,17,19,20). The number of rotatable bonds is 4. The Bertz CT molecular complexity index is 918. The number of amides is 1. The van der Waals surface area contributed by atoms with Gasteiger partial charge in [-0.15, -0.1) is 0 Å². The van der Waals surface area contributed by atoms with E-state index >= 15 is 0 Å². The van der Waals surface area contributed by atoms with E-state index in [0.717, 1.165) is 0 Å². The average molecular weight is 330 g/mol. The Morgan fingerprint density at radius 1 is 1.39 bits per heavy atom. The first-order valence-electron chi connectivity index (χ1n) is 6.93. The third-order valence-electron chi connectivity index (χ3n) is 3.13. The summed E-state index contributed by atoms with van der Waals surface area (Å²) in [5.41, 5.74) is 0.372. The lowest BCUT2D eigenvalue weighted by atomic mass is 10.2. The maximum Gasteiger partial charge on any atom is 0.259 e. The van der Waals surface area contributed by atoms with Gasteiger partial charge in [0, 0.05) is 6.07 Å². The van der Waals surface area contributed by atoms with Crippen molar-refractivity contribution in [1.29, 1.82) is 0 Å². The van der Waals surface area contributed by atoms with Gasteiger partial charge in [0.1, 0.15) is 5.76 Å². The highest BCUT2D eigenvalue weighted by atomic mass is 32.2. The predicted molar refractivity (Wildman–Crippen MR) is 87.6 cm³/mol. The van der Waals surface area contributed by atoms with Crippen molar-refractivity contribution in [3.63, 3.8) is 0 Å². The highest BCUT2D eigenvalue weighted by Crippen LogP contribution is 2.21. The molecular formula is C15H14N4O3S. The van der Waals surface area contributed by atoms with E-state index in [1.165, 1.54) is 11.8 Å². The van der Waals surface area contributed by atoms with Crippen molar-refractivity contribution in [3.8, 4) is 0 Å². The number of hydrogen-bond donors (Lipinski definition) is 2. The number of carbonyl (C=O) groups excluding carboxylic acids is 1. The monoisotopic (exact) mass is 330 g/mol. The minimum atomic E-state index is -0.462. The number of hydrogen-bond acceptors (Lipinski definition) is 6. The Hall–Kier alpha value is -2.61. The molecular weight excluding hydrogens is 316 g/mol. The third kappa shape index (κ3) is 3.42. The first-order valence-corrected chi connectivity index (χ1v) is 7.81. The Kier molecular flexibility index (Phi) is 4.16. The van der Waals surface area contributed by atoms with Crippen LogP contribution in [0.15, 0.2) is 44.8 Å². The fourth-order valence-electron chi connectivity index (χ4n) is 1.99. The van der Waals surface area contributed by atoms with Gasteiger partial charge in [-0.3, -0.25) is 9.59 Å². The number of thioether (sulfide) groups is 1. The summed E-state index contributed by atoms with van der Waals surface area (Å²) in [4.78, 5) is 31.2. The summed E-state index contributed by atoms with van der Waals surface area (Å²) < 4.78 is 4.90. The predicted octanol–water partition coefficient (Wildman–Crippen LogP) is 2.34. The summed E-state index contributed by atoms with van der Waals surface area (Å²) in [6.45, 7) is 3.46. The number of aromatic amines is 1. The van der Waals surface area contributed by atoms with E-state index in [9.17, 15) is 9.59 Å². The molecule has 2 heterocycles. The van der Waals surface area contributed by atoms with Gasteiger partial charge in [0.15, 0.2) is 11.0 Å². The molecule has 0 saturated heterocycles. The maximum absolute atomic E-state index is 12.1. The van der Waals surface area contributed by atoms with Crippen LogP contribution in [0.5, 0.6) is 0 Å². The zero-order valence-corrected chi connectivity index (χ0v) is 13.3. The second-order valence-corrected chi connectivity index (χ2v) is 6.29. The summed E-state index contributed by atoms with van der Waals surface area (Å²) in [7, 11) is 0. The van der Waals surface area contributed by atoms with Crippen LogP contribution >= 0.6 is 11.8 Å². The number of fused-ring (bicyclic) bond motifs is 1. The van der Waals surface area contributed by atoms with Crippen LogP contribution in [0.2, 0.25) is 0 Å². The highest BCUT2D eigenvalue weighted by Gasteiger charge is 2.17. The maximum atomic E-state index is 12.1. The van der Waals surface area contributed by atoms with E-state index in [4.69, 9.17) is 4.52 Å². The van der Waals surface area contributed by atoms with Crippen LogP contribution in [0.25, 0.3) is 10.9 Å². The van der Waals surface area contributed by atoms with Crippen LogP contribution in [-0.4, -0.2) is 26.3 Å². The Morgan fingerprint density at radius 2 is 2.17 bits per heavy atom. The number of anilines is 1. The van der Waals surface area contributed by atoms with Crippen molar-refractivity contribution in [3.05, 3.63) is 46.4 Å². The van der Waals surface area contributed by atoms with Crippen LogP contribution in [-0.2, 0) is 4.79 Å². The molecule has 8 heteroatoms. The van der Waals surface area contributed by atoms with Crippen LogP contribution in [0, 0.1) is 6.92 Å². The van der Waals surface area contributed by atoms with Gasteiger partial charge in [0.2, 0.25) is 5.91 Å². The number of aromatic nitrogens is 3. The van der Waals surface area contributed by atoms with Gasteiger partial charge in [0.05, 0.1) is 16.2 Å². The quantitative estimate of drug-likeness (QED) is 0.562. The molecule has 1 aromatic carbocycles. The van der Waals surface area contributed by atoms with Gasteiger partial charge in [-0.25, -0.2) is 4.98 Å². The molecule has 0 saturated carbocycles. The Balaban J connectivity index is 1.75. The molecule has 23 heavy (non-hydrogen) atoms. The summed E-state index contributed by atoms with van der Waals surface area (Å²) in [6.07, 6.45) is 0. The molecule has 0 aliphatic heterocycles. The summed E-state index contributed by atoms with van der Waals surface area (Å²) >= 11 is 1.17. The molecule has 0 fully saturated rings. The number of para-hydroxylation sites is 1. The van der Waals surface area contributed by atoms with E-state index in [1.807, 2.05) is 6.07 Å². The minimum Gasteiger partial charge on any atom is -0.360 e. The molecule has 7 nitrogen and oxygen atoms in total. The average Bonchev–Trinajstić information content (AvgIpc) is 2.92. The number of nitrogens with zero attached hydrogens (tertiary/aromatic N) is 2. The number of benzene rings is 1. The zero-order chi connectivity index (χ0) is 16.4. The normalized spacial score (nSPS) is 12.3. The van der Waals surface area contributed by atoms with E-state index in [-0.39, 0.29) is 11.5 Å². The van der Waals surface area contributed by atoms with Gasteiger partial charge < -0.3 is 14.8 Å². The number of nitrogens with one attached hydrogen (secondary N) is 2. The van der Waals surface area contributed by atoms with Crippen LogP contribution in [0.3, 0.4) is 0 Å². The van der Waals surface area contributed by atoms with Gasteiger partial charge in [0.25, 0.3) is 5.56 Å². The molecule has 1 unspecified atom stereocenters. The zero-order valence-electron chi connectivity index (χ0n) is 12.5. The second kappa shape index (κ2) is 6.25. The van der Waals surface area contributed by atoms with Crippen molar-refractivity contribution in [1.82, 2.24) is 15.1 Å². The molecule has 2 N–H and O–H groups in total. The van der Waals surface area contributed by atoms with Crippen LogP contribution in [0.4, 0.5) is 5.82 Å². The topological polar surface area (TPSA) is 101 Å². The SMILES string of the molecule is Cc1cc(NC(=O)C(C)Sc2nc3ccccc3c(=O)[nH]2)no1. The van der Waals surface area contributed by atoms with Crippen LogP contribution in [0.1, 0.15) is 12.7 Å². The van der Waals surface area contributed by atoms with Gasteiger partial charge in [-0.1, -0.05) is 29.1 Å². The van der Waals surface area contributed by atoms with Gasteiger partial charge >= 0.3 is 0 Å². The molecule has 0 radical (unpaired) electrons. The number of aryl methyl sites for hydroxylation is 1. The lowest BCUT2D eigenvalue weighted by Crippen LogP contribution is -2.23. The summed E-state index contributed by atoms with van der Waals surface area (Å²) in [6, 6.07) is 8.69. The lowest BCUT2D eigenvalue weighted by Gasteiger charge is -2.09. The van der Waals surface area contributed by atoms with Crippen molar-refractivity contribution in [2.24, 2.45) is 0 Å². The van der Waals surface area contributed by atoms with Gasteiger partial charge in [-0.2, -0.15) is 0 Å².